The summed E-state index contributed by atoms with van der Waals surface area (Å²) in [5.74, 6) is 0.456. The van der Waals surface area contributed by atoms with Crippen LogP contribution in [-0.2, 0) is 13.1 Å². The van der Waals surface area contributed by atoms with E-state index in [4.69, 9.17) is 4.74 Å². The molecule has 0 radical (unpaired) electrons. The molecular formula is C13H15N3O3S. The van der Waals surface area contributed by atoms with Gasteiger partial charge in [0.05, 0.1) is 13.7 Å². The molecule has 1 aromatic carbocycles. The molecule has 0 atom stereocenters. The quantitative estimate of drug-likeness (QED) is 0.785. The van der Waals surface area contributed by atoms with Crippen molar-refractivity contribution in [1.29, 1.82) is 0 Å². The zero-order valence-corrected chi connectivity index (χ0v) is 11.7. The minimum Gasteiger partial charge on any atom is -0.504 e. The first-order chi connectivity index (χ1) is 9.69. The van der Waals surface area contributed by atoms with Gasteiger partial charge in [-0.2, -0.15) is 0 Å². The number of carbonyl (C=O) groups is 1. The van der Waals surface area contributed by atoms with Crippen molar-refractivity contribution in [3.63, 3.8) is 0 Å². The lowest BCUT2D eigenvalue weighted by molar-refractivity contribution is 0.240. The Morgan fingerprint density at radius 2 is 2.20 bits per heavy atom. The third kappa shape index (κ3) is 3.86. The highest BCUT2D eigenvalue weighted by atomic mass is 32.1. The van der Waals surface area contributed by atoms with Crippen LogP contribution in [0.15, 0.2) is 29.8 Å². The van der Waals surface area contributed by atoms with Gasteiger partial charge in [0.15, 0.2) is 11.5 Å². The van der Waals surface area contributed by atoms with Crippen molar-refractivity contribution in [2.24, 2.45) is 0 Å². The molecular weight excluding hydrogens is 278 g/mol. The van der Waals surface area contributed by atoms with Crippen LogP contribution in [0.25, 0.3) is 0 Å². The number of hydrogen-bond acceptors (Lipinski definition) is 5. The number of methoxy groups -OCH3 is 1. The van der Waals surface area contributed by atoms with Gasteiger partial charge in [-0.15, -0.1) is 11.3 Å². The number of aromatic hydroxyl groups is 1. The van der Waals surface area contributed by atoms with Gasteiger partial charge in [0.25, 0.3) is 0 Å². The molecule has 0 spiro atoms. The maximum Gasteiger partial charge on any atom is 0.315 e. The van der Waals surface area contributed by atoms with E-state index in [2.05, 4.69) is 15.6 Å². The first kappa shape index (κ1) is 14.1. The average Bonchev–Trinajstić information content (AvgIpc) is 2.97. The Morgan fingerprint density at radius 1 is 1.40 bits per heavy atom. The maximum absolute atomic E-state index is 11.6. The van der Waals surface area contributed by atoms with Crippen molar-refractivity contribution in [3.05, 3.63) is 40.3 Å². The van der Waals surface area contributed by atoms with E-state index in [1.807, 2.05) is 5.38 Å². The van der Waals surface area contributed by atoms with Crippen LogP contribution in [0.2, 0.25) is 0 Å². The molecule has 106 valence electrons. The Morgan fingerprint density at radius 3 is 2.90 bits per heavy atom. The van der Waals surface area contributed by atoms with Crippen LogP contribution >= 0.6 is 11.3 Å². The number of ether oxygens (including phenoxy) is 1. The van der Waals surface area contributed by atoms with Crippen molar-refractivity contribution in [1.82, 2.24) is 15.6 Å². The summed E-state index contributed by atoms with van der Waals surface area (Å²) in [5, 5.41) is 17.6. The lowest BCUT2D eigenvalue weighted by Crippen LogP contribution is -2.34. The lowest BCUT2D eigenvalue weighted by atomic mass is 10.2. The number of hydrogen-bond donors (Lipinski definition) is 3. The monoisotopic (exact) mass is 293 g/mol. The number of rotatable bonds is 5. The summed E-state index contributed by atoms with van der Waals surface area (Å²) in [5.41, 5.74) is 0.837. The van der Waals surface area contributed by atoms with Crippen molar-refractivity contribution < 1.29 is 14.6 Å². The summed E-state index contributed by atoms with van der Waals surface area (Å²) in [6.07, 6.45) is 1.70. The second kappa shape index (κ2) is 6.76. The fraction of sp³-hybridized carbons (Fsp3) is 0.231. The van der Waals surface area contributed by atoms with Crippen LogP contribution in [0, 0.1) is 0 Å². The molecule has 2 rings (SSSR count). The van der Waals surface area contributed by atoms with E-state index < -0.39 is 0 Å². The molecule has 2 aromatic rings. The molecule has 20 heavy (non-hydrogen) atoms. The highest BCUT2D eigenvalue weighted by Gasteiger charge is 2.05. The summed E-state index contributed by atoms with van der Waals surface area (Å²) < 4.78 is 5.00. The molecule has 7 heteroatoms. The summed E-state index contributed by atoms with van der Waals surface area (Å²) in [4.78, 5) is 15.7. The Kier molecular flexibility index (Phi) is 4.78. The van der Waals surface area contributed by atoms with Crippen molar-refractivity contribution >= 4 is 17.4 Å². The molecule has 0 aliphatic carbocycles. The third-order valence-corrected chi connectivity index (χ3v) is 3.36. The number of aromatic nitrogens is 1. The molecule has 2 amide bonds. The highest BCUT2D eigenvalue weighted by Crippen LogP contribution is 2.26. The van der Waals surface area contributed by atoms with Gasteiger partial charge in [-0.05, 0) is 17.7 Å². The number of thiazole rings is 1. The van der Waals surface area contributed by atoms with Crippen molar-refractivity contribution in [2.75, 3.05) is 7.11 Å². The number of phenolic OH excluding ortho intramolecular Hbond substituents is 1. The predicted octanol–water partition coefficient (Wildman–Crippen LogP) is 1.86. The van der Waals surface area contributed by atoms with Crippen LogP contribution < -0.4 is 15.4 Å². The molecule has 0 unspecified atom stereocenters. The molecule has 3 N–H and O–H groups in total. The van der Waals surface area contributed by atoms with E-state index in [1.165, 1.54) is 24.5 Å². The highest BCUT2D eigenvalue weighted by molar-refractivity contribution is 7.09. The Hall–Kier alpha value is -2.28. The fourth-order valence-corrected chi connectivity index (χ4v) is 2.13. The zero-order valence-electron chi connectivity index (χ0n) is 10.9. The van der Waals surface area contributed by atoms with E-state index in [1.54, 1.807) is 18.3 Å². The van der Waals surface area contributed by atoms with E-state index in [-0.39, 0.29) is 11.8 Å². The SMILES string of the molecule is COc1cc(CNC(=O)NCc2nccs2)ccc1O. The smallest absolute Gasteiger partial charge is 0.315 e. The minimum absolute atomic E-state index is 0.0736. The van der Waals surface area contributed by atoms with E-state index in [0.717, 1.165) is 10.6 Å². The summed E-state index contributed by atoms with van der Waals surface area (Å²) in [6, 6.07) is 4.66. The summed E-state index contributed by atoms with van der Waals surface area (Å²) in [7, 11) is 1.48. The number of phenols is 1. The van der Waals surface area contributed by atoms with Crippen LogP contribution in [0.1, 0.15) is 10.6 Å². The van der Waals surface area contributed by atoms with Gasteiger partial charge in [0.1, 0.15) is 5.01 Å². The third-order valence-electron chi connectivity index (χ3n) is 2.58. The van der Waals surface area contributed by atoms with E-state index >= 15 is 0 Å². The van der Waals surface area contributed by atoms with E-state index in [9.17, 15) is 9.90 Å². The topological polar surface area (TPSA) is 83.5 Å². The second-order valence-electron chi connectivity index (χ2n) is 3.97. The van der Waals surface area contributed by atoms with Gasteiger partial charge in [-0.25, -0.2) is 9.78 Å². The number of urea groups is 1. The van der Waals surface area contributed by atoms with Crippen LogP contribution in [-0.4, -0.2) is 23.2 Å². The standard InChI is InChI=1S/C13H15N3O3S/c1-19-11-6-9(2-3-10(11)17)7-15-13(18)16-8-12-14-4-5-20-12/h2-6,17H,7-8H2,1H3,(H2,15,16,18). The second-order valence-corrected chi connectivity index (χ2v) is 4.95. The van der Waals surface area contributed by atoms with Gasteiger partial charge in [-0.3, -0.25) is 0 Å². The number of amides is 2. The number of nitrogens with one attached hydrogen (secondary N) is 2. The number of carbonyl (C=O) groups excluding carboxylic acids is 1. The minimum atomic E-state index is -0.271. The van der Waals surface area contributed by atoms with Crippen LogP contribution in [0.3, 0.4) is 0 Å². The predicted molar refractivity (Wildman–Crippen MR) is 75.8 cm³/mol. The van der Waals surface area contributed by atoms with Gasteiger partial charge in [-0.1, -0.05) is 6.07 Å². The van der Waals surface area contributed by atoms with Gasteiger partial charge < -0.3 is 20.5 Å². The Balaban J connectivity index is 1.81. The van der Waals surface area contributed by atoms with Crippen molar-refractivity contribution in [2.45, 2.75) is 13.1 Å². The molecule has 1 aromatic heterocycles. The molecule has 0 aliphatic heterocycles. The lowest BCUT2D eigenvalue weighted by Gasteiger charge is -2.08. The normalized spacial score (nSPS) is 10.1. The van der Waals surface area contributed by atoms with Gasteiger partial charge in [0, 0.05) is 18.1 Å². The average molecular weight is 293 g/mol. The fourth-order valence-electron chi connectivity index (χ4n) is 1.57. The molecule has 0 saturated carbocycles. The first-order valence-corrected chi connectivity index (χ1v) is 6.83. The summed E-state index contributed by atoms with van der Waals surface area (Å²) >= 11 is 1.49. The number of benzene rings is 1. The van der Waals surface area contributed by atoms with Crippen LogP contribution in [0.5, 0.6) is 11.5 Å². The largest absolute Gasteiger partial charge is 0.504 e. The zero-order chi connectivity index (χ0) is 14.4. The van der Waals surface area contributed by atoms with Crippen molar-refractivity contribution in [3.8, 4) is 11.5 Å². The Labute approximate surface area is 120 Å². The van der Waals surface area contributed by atoms with Gasteiger partial charge in [0.2, 0.25) is 0 Å². The summed E-state index contributed by atoms with van der Waals surface area (Å²) in [6.45, 7) is 0.753. The molecule has 0 bridgehead atoms. The molecule has 0 aliphatic rings. The van der Waals surface area contributed by atoms with E-state index in [0.29, 0.717) is 18.8 Å². The molecule has 1 heterocycles. The maximum atomic E-state index is 11.6. The molecule has 0 fully saturated rings. The molecule has 6 nitrogen and oxygen atoms in total. The number of nitrogens with zero attached hydrogens (tertiary/aromatic N) is 1. The van der Waals surface area contributed by atoms with Gasteiger partial charge >= 0.3 is 6.03 Å². The first-order valence-electron chi connectivity index (χ1n) is 5.95. The molecule has 0 saturated heterocycles. The van der Waals surface area contributed by atoms with Crippen LogP contribution in [0.4, 0.5) is 4.79 Å². The Bertz CT molecular complexity index is 572.